The Hall–Kier alpha value is -7.88. The molecule has 0 radical (unpaired) electrons. The number of furan rings is 2. The molecule has 9 aromatic carbocycles. The molecule has 0 spiro atoms. The first kappa shape index (κ1) is 43.4. The second-order valence-corrected chi connectivity index (χ2v) is 21.4. The van der Waals surface area contributed by atoms with Crippen molar-refractivity contribution in [1.82, 2.24) is 0 Å². The molecule has 70 heavy (non-hydrogen) atoms. The van der Waals surface area contributed by atoms with Gasteiger partial charge in [0.2, 0.25) is 0 Å². The fraction of sp³-hybridized carbons (Fsp3) is 0.164. The van der Waals surface area contributed by atoms with Crippen LogP contribution in [0.3, 0.4) is 0 Å². The molecule has 0 N–H and O–H groups in total. The van der Waals surface area contributed by atoms with Crippen LogP contribution in [0.2, 0.25) is 0 Å². The fourth-order valence-corrected chi connectivity index (χ4v) is 10.8. The first-order valence-electron chi connectivity index (χ1n) is 24.8. The van der Waals surface area contributed by atoms with Gasteiger partial charge in [-0.05, 0) is 139 Å². The van der Waals surface area contributed by atoms with Crippen molar-refractivity contribution < 1.29 is 8.83 Å². The number of fused-ring (bicyclic) bond motifs is 7. The van der Waals surface area contributed by atoms with Gasteiger partial charge in [-0.15, -0.1) is 0 Å². The lowest BCUT2D eigenvalue weighted by Crippen LogP contribution is -2.16. The molecule has 0 bridgehead atoms. The van der Waals surface area contributed by atoms with Gasteiger partial charge in [0.15, 0.2) is 0 Å². The first-order valence-corrected chi connectivity index (χ1v) is 24.8. The van der Waals surface area contributed by atoms with Crippen LogP contribution in [0.5, 0.6) is 0 Å². The molecule has 0 amide bonds. The van der Waals surface area contributed by atoms with E-state index in [9.17, 15) is 0 Å². The maximum atomic E-state index is 6.45. The normalized spacial score (nSPS) is 14.1. The topological polar surface area (TPSA) is 29.5 Å². The van der Waals surface area contributed by atoms with E-state index in [4.69, 9.17) is 8.83 Å². The van der Waals surface area contributed by atoms with Crippen molar-refractivity contribution in [3.05, 3.63) is 222 Å². The lowest BCUT2D eigenvalue weighted by molar-refractivity contribution is 0.506. The number of para-hydroxylation sites is 3. The number of hydrogen-bond acceptors (Lipinski definition) is 3. The Labute approximate surface area is 411 Å². The van der Waals surface area contributed by atoms with Crippen molar-refractivity contribution in [1.29, 1.82) is 0 Å². The van der Waals surface area contributed by atoms with E-state index in [2.05, 4.69) is 241 Å². The van der Waals surface area contributed by atoms with Gasteiger partial charge in [-0.1, -0.05) is 188 Å². The highest BCUT2D eigenvalue weighted by Crippen LogP contribution is 2.48. The minimum absolute atomic E-state index is 0.0126. The highest BCUT2D eigenvalue weighted by molar-refractivity contribution is 6.09. The van der Waals surface area contributed by atoms with Gasteiger partial charge in [0.25, 0.3) is 0 Å². The predicted octanol–water partition coefficient (Wildman–Crippen LogP) is 19.6. The Kier molecular flexibility index (Phi) is 10.3. The average molecular weight is 908 g/mol. The molecule has 1 aliphatic rings. The molecule has 3 nitrogen and oxygen atoms in total. The summed E-state index contributed by atoms with van der Waals surface area (Å²) < 4.78 is 12.7. The Bertz CT molecular complexity index is 3810. The Morgan fingerprint density at radius 2 is 1.06 bits per heavy atom. The summed E-state index contributed by atoms with van der Waals surface area (Å²) >= 11 is 0. The fourth-order valence-electron chi connectivity index (χ4n) is 10.8. The molecule has 1 aliphatic carbocycles. The van der Waals surface area contributed by atoms with Crippen LogP contribution in [0.15, 0.2) is 203 Å². The molecular weight excluding hydrogens is 851 g/mol. The quantitative estimate of drug-likeness (QED) is 0.160. The molecule has 0 saturated carbocycles. The van der Waals surface area contributed by atoms with E-state index in [1.165, 1.54) is 60.7 Å². The van der Waals surface area contributed by atoms with Crippen molar-refractivity contribution >= 4 is 72.4 Å². The summed E-state index contributed by atoms with van der Waals surface area (Å²) in [4.78, 5) is 2.46. The van der Waals surface area contributed by atoms with Gasteiger partial charge in [0, 0.05) is 44.6 Å². The Morgan fingerprint density at radius 3 is 1.80 bits per heavy atom. The third-order valence-corrected chi connectivity index (χ3v) is 14.6. The van der Waals surface area contributed by atoms with Crippen molar-refractivity contribution in [2.24, 2.45) is 0 Å². The summed E-state index contributed by atoms with van der Waals surface area (Å²) in [6, 6.07) is 71.3. The van der Waals surface area contributed by atoms with Crippen molar-refractivity contribution in [3.8, 4) is 33.4 Å². The van der Waals surface area contributed by atoms with E-state index in [0.29, 0.717) is 0 Å². The van der Waals surface area contributed by atoms with Gasteiger partial charge in [-0.3, -0.25) is 0 Å². The van der Waals surface area contributed by atoms with E-state index in [1.54, 1.807) is 0 Å². The van der Waals surface area contributed by atoms with Crippen LogP contribution in [0.1, 0.15) is 88.8 Å². The molecule has 1 atom stereocenters. The van der Waals surface area contributed by atoms with Gasteiger partial charge in [0.1, 0.15) is 22.5 Å². The number of hydrogen-bond donors (Lipinski definition) is 0. The molecule has 2 heterocycles. The van der Waals surface area contributed by atoms with Crippen LogP contribution in [0.4, 0.5) is 17.1 Å². The monoisotopic (exact) mass is 907 g/mol. The summed E-state index contributed by atoms with van der Waals surface area (Å²) in [7, 11) is 0. The first-order chi connectivity index (χ1) is 33.9. The van der Waals surface area contributed by atoms with Crippen molar-refractivity contribution in [3.63, 3.8) is 0 Å². The van der Waals surface area contributed by atoms with Crippen LogP contribution in [0, 0.1) is 0 Å². The zero-order valence-electron chi connectivity index (χ0n) is 41.1. The summed E-state index contributed by atoms with van der Waals surface area (Å²) in [6.45, 7) is 16.2. The molecule has 12 rings (SSSR count). The van der Waals surface area contributed by atoms with E-state index < -0.39 is 0 Å². The lowest BCUT2D eigenvalue weighted by atomic mass is 9.78. The number of benzene rings is 9. The molecule has 1 unspecified atom stereocenters. The van der Waals surface area contributed by atoms with Gasteiger partial charge < -0.3 is 13.7 Å². The molecule has 3 heteroatoms. The maximum absolute atomic E-state index is 6.45. The number of allylic oxidation sites excluding steroid dienone is 1. The number of rotatable bonds is 7. The molecule has 0 fully saturated rings. The zero-order valence-corrected chi connectivity index (χ0v) is 41.1. The largest absolute Gasteiger partial charge is 0.460 e. The summed E-state index contributed by atoms with van der Waals surface area (Å²) in [5, 5.41) is 5.89. The highest BCUT2D eigenvalue weighted by Gasteiger charge is 2.27. The van der Waals surface area contributed by atoms with Crippen molar-refractivity contribution in [2.45, 2.75) is 71.6 Å². The standard InChI is InChI=1S/C67H57NO2/c1-42-35-47(40-59-56-23-10-13-28-62(56)70-65(42)59)45-19-14-20-52(38-45)68(51-32-29-43(30-33-51)46-31-34-63-58(39-46)55-22-9-12-27-61(55)69-63)60-26-11-8-21-54(60)57-25-16-18-44-17-15-24-53(64(44)57)48-36-49(66(2,3)4)41-50(37-48)67(5,6)7/h8-34,36-42H,35H2,1-7H3. The van der Waals surface area contributed by atoms with E-state index in [1.807, 2.05) is 12.1 Å². The van der Waals surface area contributed by atoms with Crippen molar-refractivity contribution in [2.75, 3.05) is 4.90 Å². The average Bonchev–Trinajstić information content (AvgIpc) is 3.95. The van der Waals surface area contributed by atoms with E-state index >= 15 is 0 Å². The van der Waals surface area contributed by atoms with E-state index in [0.717, 1.165) is 73.5 Å². The minimum Gasteiger partial charge on any atom is -0.460 e. The van der Waals surface area contributed by atoms with Crippen LogP contribution in [-0.4, -0.2) is 0 Å². The molecular formula is C67H57NO2. The Morgan fingerprint density at radius 1 is 0.443 bits per heavy atom. The zero-order chi connectivity index (χ0) is 47.9. The van der Waals surface area contributed by atoms with Crippen LogP contribution >= 0.6 is 0 Å². The molecule has 11 aromatic rings. The summed E-state index contributed by atoms with van der Waals surface area (Å²) in [5.74, 6) is 1.32. The van der Waals surface area contributed by atoms with Crippen LogP contribution in [0.25, 0.3) is 88.7 Å². The van der Waals surface area contributed by atoms with Gasteiger partial charge in [0.05, 0.1) is 5.69 Å². The molecule has 2 aromatic heterocycles. The summed E-state index contributed by atoms with van der Waals surface area (Å²) in [5.41, 5.74) is 19.6. The number of nitrogens with zero attached hydrogens (tertiary/aromatic N) is 1. The van der Waals surface area contributed by atoms with Gasteiger partial charge in [-0.2, -0.15) is 0 Å². The summed E-state index contributed by atoms with van der Waals surface area (Å²) in [6.07, 6.45) is 3.26. The predicted molar refractivity (Wildman–Crippen MR) is 297 cm³/mol. The van der Waals surface area contributed by atoms with Crippen LogP contribution in [-0.2, 0) is 10.8 Å². The molecule has 342 valence electrons. The smallest absolute Gasteiger partial charge is 0.135 e. The van der Waals surface area contributed by atoms with Gasteiger partial charge >= 0.3 is 0 Å². The SMILES string of the molecule is CC1CC(c2cccc(N(c3ccc(-c4ccc5oc6ccccc6c5c4)cc3)c3ccccc3-c3cccc4cccc(-c5cc(C(C)(C)C)cc(C(C)(C)C)c5)c34)c2)=Cc2c1oc1ccccc21. The lowest BCUT2D eigenvalue weighted by Gasteiger charge is -2.29. The molecule has 0 saturated heterocycles. The second-order valence-electron chi connectivity index (χ2n) is 21.4. The third kappa shape index (κ3) is 7.61. The highest BCUT2D eigenvalue weighted by atomic mass is 16.3. The Balaban J connectivity index is 1.04. The van der Waals surface area contributed by atoms with Gasteiger partial charge in [-0.25, -0.2) is 0 Å². The van der Waals surface area contributed by atoms with E-state index in [-0.39, 0.29) is 16.7 Å². The second kappa shape index (κ2) is 16.7. The maximum Gasteiger partial charge on any atom is 0.135 e. The van der Waals surface area contributed by atoms with Crippen LogP contribution < -0.4 is 4.90 Å². The minimum atomic E-state index is -0.0126. The molecule has 0 aliphatic heterocycles. The third-order valence-electron chi connectivity index (χ3n) is 14.6. The number of anilines is 3.